The van der Waals surface area contributed by atoms with Crippen molar-refractivity contribution in [1.29, 1.82) is 0 Å². The van der Waals surface area contributed by atoms with Crippen LogP contribution in [0.2, 0.25) is 0 Å². The zero-order chi connectivity index (χ0) is 19.7. The Balaban J connectivity index is 1.79. The standard InChI is InChI=1S/C21H22N6O/c1-13-9-10-14(2)17(11-13)23-19-15-12-22-27(3)20(15)26-21(25-19)24-16-7-5-6-8-18(16)28-4/h5-12H,1-4H3,(H2,23,24,25,26). The molecule has 0 bridgehead atoms. The van der Waals surface area contributed by atoms with Crippen LogP contribution in [0, 0.1) is 13.8 Å². The third-order valence-electron chi connectivity index (χ3n) is 4.59. The van der Waals surface area contributed by atoms with Crippen molar-refractivity contribution in [3.63, 3.8) is 0 Å². The molecule has 0 radical (unpaired) electrons. The Morgan fingerprint density at radius 3 is 2.61 bits per heavy atom. The number of rotatable bonds is 5. The Morgan fingerprint density at radius 1 is 0.964 bits per heavy atom. The topological polar surface area (TPSA) is 76.9 Å². The van der Waals surface area contributed by atoms with Crippen LogP contribution in [0.3, 0.4) is 0 Å². The lowest BCUT2D eigenvalue weighted by atomic mass is 10.1. The van der Waals surface area contributed by atoms with Gasteiger partial charge in [0.25, 0.3) is 0 Å². The summed E-state index contributed by atoms with van der Waals surface area (Å²) in [6.45, 7) is 4.14. The smallest absolute Gasteiger partial charge is 0.231 e. The number of ether oxygens (including phenoxy) is 1. The summed E-state index contributed by atoms with van der Waals surface area (Å²) in [5, 5.41) is 11.9. The minimum Gasteiger partial charge on any atom is -0.495 e. The van der Waals surface area contributed by atoms with Gasteiger partial charge in [0.2, 0.25) is 5.95 Å². The maximum Gasteiger partial charge on any atom is 0.231 e. The lowest BCUT2D eigenvalue weighted by Crippen LogP contribution is -2.04. The number of anilines is 4. The number of methoxy groups -OCH3 is 1. The van der Waals surface area contributed by atoms with Crippen LogP contribution in [0.5, 0.6) is 5.75 Å². The van der Waals surface area contributed by atoms with E-state index in [1.54, 1.807) is 18.0 Å². The molecule has 2 N–H and O–H groups in total. The van der Waals surface area contributed by atoms with Gasteiger partial charge in [-0.15, -0.1) is 0 Å². The Kier molecular flexibility index (Phi) is 4.57. The van der Waals surface area contributed by atoms with Gasteiger partial charge < -0.3 is 15.4 Å². The Morgan fingerprint density at radius 2 is 1.79 bits per heavy atom. The largest absolute Gasteiger partial charge is 0.495 e. The third kappa shape index (κ3) is 3.34. The molecule has 2 aromatic carbocycles. The zero-order valence-electron chi connectivity index (χ0n) is 16.3. The van der Waals surface area contributed by atoms with Crippen LogP contribution in [0.1, 0.15) is 11.1 Å². The van der Waals surface area contributed by atoms with Crippen molar-refractivity contribution in [2.75, 3.05) is 17.7 Å². The zero-order valence-corrected chi connectivity index (χ0v) is 16.3. The van der Waals surface area contributed by atoms with E-state index in [2.05, 4.69) is 52.8 Å². The van der Waals surface area contributed by atoms with Crippen molar-refractivity contribution in [3.8, 4) is 5.75 Å². The molecular formula is C21H22N6O. The Hall–Kier alpha value is -3.61. The summed E-state index contributed by atoms with van der Waals surface area (Å²) >= 11 is 0. The van der Waals surface area contributed by atoms with Gasteiger partial charge in [-0.3, -0.25) is 4.68 Å². The number of aromatic nitrogens is 4. The fourth-order valence-electron chi connectivity index (χ4n) is 3.04. The molecule has 0 aliphatic carbocycles. The van der Waals surface area contributed by atoms with E-state index < -0.39 is 0 Å². The lowest BCUT2D eigenvalue weighted by molar-refractivity contribution is 0.417. The van der Waals surface area contributed by atoms with Crippen LogP contribution in [0.15, 0.2) is 48.7 Å². The quantitative estimate of drug-likeness (QED) is 0.536. The molecule has 0 spiro atoms. The highest BCUT2D eigenvalue weighted by molar-refractivity contribution is 5.90. The normalized spacial score (nSPS) is 10.9. The number of para-hydroxylation sites is 2. The summed E-state index contributed by atoms with van der Waals surface area (Å²) < 4.78 is 7.15. The molecule has 2 aromatic heterocycles. The summed E-state index contributed by atoms with van der Waals surface area (Å²) in [5.74, 6) is 1.89. The summed E-state index contributed by atoms with van der Waals surface area (Å²) in [4.78, 5) is 9.34. The Labute approximate surface area is 163 Å². The fraction of sp³-hybridized carbons (Fsp3) is 0.190. The van der Waals surface area contributed by atoms with Gasteiger partial charge in [0.05, 0.1) is 24.4 Å². The minimum atomic E-state index is 0.466. The predicted molar refractivity (Wildman–Crippen MR) is 112 cm³/mol. The van der Waals surface area contributed by atoms with E-state index in [9.17, 15) is 0 Å². The number of hydrogen-bond acceptors (Lipinski definition) is 6. The fourth-order valence-corrected chi connectivity index (χ4v) is 3.04. The van der Waals surface area contributed by atoms with Gasteiger partial charge in [-0.1, -0.05) is 24.3 Å². The summed E-state index contributed by atoms with van der Waals surface area (Å²) in [6, 6.07) is 14.0. The van der Waals surface area contributed by atoms with Gasteiger partial charge in [-0.25, -0.2) is 0 Å². The first-order chi connectivity index (χ1) is 13.5. The summed E-state index contributed by atoms with van der Waals surface area (Å²) in [5.41, 5.74) is 4.86. The monoisotopic (exact) mass is 374 g/mol. The van der Waals surface area contributed by atoms with Crippen LogP contribution in [-0.4, -0.2) is 26.9 Å². The van der Waals surface area contributed by atoms with Crippen molar-refractivity contribution >= 4 is 34.2 Å². The first kappa shape index (κ1) is 17.8. The lowest BCUT2D eigenvalue weighted by Gasteiger charge is -2.13. The van der Waals surface area contributed by atoms with E-state index in [0.29, 0.717) is 11.8 Å². The van der Waals surface area contributed by atoms with Crippen molar-refractivity contribution in [3.05, 3.63) is 59.8 Å². The summed E-state index contributed by atoms with van der Waals surface area (Å²) in [7, 11) is 3.50. The average Bonchev–Trinajstić information content (AvgIpc) is 3.06. The number of nitrogens with one attached hydrogen (secondary N) is 2. The number of nitrogens with zero attached hydrogens (tertiary/aromatic N) is 4. The molecular weight excluding hydrogens is 352 g/mol. The van der Waals surface area contributed by atoms with E-state index >= 15 is 0 Å². The number of fused-ring (bicyclic) bond motifs is 1. The van der Waals surface area contributed by atoms with Gasteiger partial charge >= 0.3 is 0 Å². The first-order valence-electron chi connectivity index (χ1n) is 8.99. The highest BCUT2D eigenvalue weighted by Gasteiger charge is 2.14. The van der Waals surface area contributed by atoms with Crippen LogP contribution in [-0.2, 0) is 7.05 Å². The molecule has 0 unspecified atom stereocenters. The van der Waals surface area contributed by atoms with Crippen molar-refractivity contribution in [2.45, 2.75) is 13.8 Å². The van der Waals surface area contributed by atoms with Crippen molar-refractivity contribution < 1.29 is 4.74 Å². The highest BCUT2D eigenvalue weighted by atomic mass is 16.5. The van der Waals surface area contributed by atoms with Gasteiger partial charge in [0.1, 0.15) is 11.6 Å². The second kappa shape index (κ2) is 7.19. The number of benzene rings is 2. The van der Waals surface area contributed by atoms with E-state index in [4.69, 9.17) is 9.72 Å². The molecule has 0 aliphatic heterocycles. The molecule has 4 aromatic rings. The van der Waals surface area contributed by atoms with Gasteiger partial charge in [-0.2, -0.15) is 15.1 Å². The van der Waals surface area contributed by atoms with Crippen LogP contribution < -0.4 is 15.4 Å². The maximum atomic E-state index is 5.42. The molecule has 0 fully saturated rings. The average molecular weight is 374 g/mol. The second-order valence-corrected chi connectivity index (χ2v) is 6.67. The molecule has 0 amide bonds. The first-order valence-corrected chi connectivity index (χ1v) is 8.99. The van der Waals surface area contributed by atoms with Crippen molar-refractivity contribution in [1.82, 2.24) is 19.7 Å². The molecule has 0 saturated heterocycles. The van der Waals surface area contributed by atoms with Crippen molar-refractivity contribution in [2.24, 2.45) is 7.05 Å². The highest BCUT2D eigenvalue weighted by Crippen LogP contribution is 2.30. The third-order valence-corrected chi connectivity index (χ3v) is 4.59. The predicted octanol–water partition coefficient (Wildman–Crippen LogP) is 4.48. The molecule has 7 heteroatoms. The molecule has 2 heterocycles. The maximum absolute atomic E-state index is 5.42. The Bertz CT molecular complexity index is 1150. The number of hydrogen-bond donors (Lipinski definition) is 2. The molecule has 0 aliphatic rings. The molecule has 4 rings (SSSR count). The molecule has 7 nitrogen and oxygen atoms in total. The van der Waals surface area contributed by atoms with Crippen LogP contribution in [0.25, 0.3) is 11.0 Å². The molecule has 0 saturated carbocycles. The number of aryl methyl sites for hydroxylation is 3. The van der Waals surface area contributed by atoms with Gasteiger partial charge in [0.15, 0.2) is 5.65 Å². The van der Waals surface area contributed by atoms with Crippen LogP contribution in [0.4, 0.5) is 23.1 Å². The molecule has 0 atom stereocenters. The van der Waals surface area contributed by atoms with Crippen LogP contribution >= 0.6 is 0 Å². The summed E-state index contributed by atoms with van der Waals surface area (Å²) in [6.07, 6.45) is 1.77. The molecule has 28 heavy (non-hydrogen) atoms. The molecule has 142 valence electrons. The minimum absolute atomic E-state index is 0.466. The second-order valence-electron chi connectivity index (χ2n) is 6.67. The van der Waals surface area contributed by atoms with E-state index in [1.165, 1.54) is 5.56 Å². The van der Waals surface area contributed by atoms with E-state index in [-0.39, 0.29) is 0 Å². The SMILES string of the molecule is COc1ccccc1Nc1nc(Nc2cc(C)ccc2C)c2cnn(C)c2n1. The van der Waals surface area contributed by atoms with E-state index in [1.807, 2.05) is 31.3 Å². The van der Waals surface area contributed by atoms with Gasteiger partial charge in [-0.05, 0) is 43.2 Å². The van der Waals surface area contributed by atoms with Gasteiger partial charge in [0, 0.05) is 12.7 Å². The van der Waals surface area contributed by atoms with E-state index in [0.717, 1.165) is 33.7 Å².